The Balaban J connectivity index is 1.79. The lowest BCUT2D eigenvalue weighted by molar-refractivity contribution is -0.137. The van der Waals surface area contributed by atoms with E-state index in [9.17, 15) is 4.79 Å². The van der Waals surface area contributed by atoms with Gasteiger partial charge in [-0.25, -0.2) is 14.8 Å². The highest BCUT2D eigenvalue weighted by Gasteiger charge is 2.43. The van der Waals surface area contributed by atoms with Gasteiger partial charge < -0.3 is 18.5 Å². The Kier molecular flexibility index (Phi) is 12.9. The SMILES string of the molecule is C=CCOC(=O)C1=C2CC[C@H]3C/C(=C/C/C=C\[C@H](CC)O[Si](C)(C)C(C)(C)C)N=C(N=C1CCC[C@@H](C)O[Si](C)(C)C(C)(C)C)N23. The van der Waals surface area contributed by atoms with Crippen molar-refractivity contribution in [3.8, 4) is 0 Å². The van der Waals surface area contributed by atoms with Gasteiger partial charge in [0.15, 0.2) is 16.6 Å². The Labute approximate surface area is 282 Å². The molecule has 3 heterocycles. The van der Waals surface area contributed by atoms with Crippen molar-refractivity contribution in [1.29, 1.82) is 0 Å². The Hall–Kier alpha value is -2.08. The standard InChI is InChI=1S/C37H63N3O4Si2/c1-14-25-42-34(41)33-31(22-18-19-27(3)43-45(10,11)36(4,5)6)39-35-38-28(26-29-23-24-32(33)40(29)35)20-16-17-21-30(15-2)44-46(12,13)37(7,8)9/h14,17,20-21,27,29-30H,1,15-16,18-19,22-26H2,2-13H3/b21-17-,28-20-/t27-,29+,30+/m1/s1. The second kappa shape index (κ2) is 15.4. The van der Waals surface area contributed by atoms with Gasteiger partial charge in [0.05, 0.1) is 11.8 Å². The molecule has 0 spiro atoms. The van der Waals surface area contributed by atoms with Gasteiger partial charge in [0, 0.05) is 30.0 Å². The Bertz CT molecular complexity index is 1260. The van der Waals surface area contributed by atoms with Crippen molar-refractivity contribution in [2.24, 2.45) is 9.98 Å². The molecule has 0 radical (unpaired) electrons. The Morgan fingerprint density at radius 3 is 2.33 bits per heavy atom. The number of hydrogen-bond donors (Lipinski definition) is 0. The van der Waals surface area contributed by atoms with Crippen LogP contribution in [0.1, 0.15) is 107 Å². The van der Waals surface area contributed by atoms with Gasteiger partial charge in [-0.15, -0.1) is 0 Å². The predicted octanol–water partition coefficient (Wildman–Crippen LogP) is 9.86. The summed E-state index contributed by atoms with van der Waals surface area (Å²) < 4.78 is 18.8. The van der Waals surface area contributed by atoms with Gasteiger partial charge in [-0.1, -0.05) is 79.3 Å². The molecule has 46 heavy (non-hydrogen) atoms. The topological polar surface area (TPSA) is 72.7 Å². The zero-order valence-electron chi connectivity index (χ0n) is 31.1. The number of allylic oxidation sites excluding steroid dienone is 3. The number of carbonyl (C=O) groups is 1. The van der Waals surface area contributed by atoms with Crippen molar-refractivity contribution in [2.45, 2.75) is 161 Å². The number of carbonyl (C=O) groups excluding carboxylic acids is 1. The molecule has 7 nitrogen and oxygen atoms in total. The third-order valence-electron chi connectivity index (χ3n) is 10.4. The normalized spacial score (nSPS) is 21.3. The minimum Gasteiger partial charge on any atom is -0.458 e. The van der Waals surface area contributed by atoms with Crippen LogP contribution in [0.4, 0.5) is 0 Å². The minimum absolute atomic E-state index is 0.134. The predicted molar refractivity (Wildman–Crippen MR) is 198 cm³/mol. The molecule has 0 aromatic carbocycles. The first-order valence-electron chi connectivity index (χ1n) is 17.5. The van der Waals surface area contributed by atoms with E-state index in [4.69, 9.17) is 23.6 Å². The maximum Gasteiger partial charge on any atom is 0.342 e. The van der Waals surface area contributed by atoms with Crippen molar-refractivity contribution in [1.82, 2.24) is 4.90 Å². The zero-order chi connectivity index (χ0) is 34.5. The smallest absolute Gasteiger partial charge is 0.342 e. The maximum atomic E-state index is 13.4. The number of nitrogens with zero attached hydrogens (tertiary/aromatic N) is 3. The summed E-state index contributed by atoms with van der Waals surface area (Å²) >= 11 is 0. The lowest BCUT2D eigenvalue weighted by atomic mass is 9.99. The average molecular weight is 670 g/mol. The van der Waals surface area contributed by atoms with Crippen LogP contribution < -0.4 is 0 Å². The van der Waals surface area contributed by atoms with E-state index in [1.807, 2.05) is 0 Å². The van der Waals surface area contributed by atoms with Crippen molar-refractivity contribution in [2.75, 3.05) is 6.61 Å². The van der Waals surface area contributed by atoms with Crippen LogP contribution in [0.5, 0.6) is 0 Å². The maximum absolute atomic E-state index is 13.4. The molecule has 9 heteroatoms. The average Bonchev–Trinajstić information content (AvgIpc) is 3.36. The van der Waals surface area contributed by atoms with E-state index in [1.54, 1.807) is 6.08 Å². The first kappa shape index (κ1) is 38.4. The molecule has 0 bridgehead atoms. The quantitative estimate of drug-likeness (QED) is 0.0986. The van der Waals surface area contributed by atoms with E-state index in [2.05, 4.69) is 111 Å². The van der Waals surface area contributed by atoms with Crippen LogP contribution in [-0.2, 0) is 18.4 Å². The molecule has 0 saturated carbocycles. The molecule has 0 N–H and O–H groups in total. The molecule has 0 aromatic heterocycles. The largest absolute Gasteiger partial charge is 0.458 e. The van der Waals surface area contributed by atoms with Crippen LogP contribution in [0, 0.1) is 0 Å². The molecule has 3 rings (SSSR count). The van der Waals surface area contributed by atoms with Crippen LogP contribution >= 0.6 is 0 Å². The number of aliphatic imine (C=N–C) groups is 2. The Morgan fingerprint density at radius 2 is 1.72 bits per heavy atom. The highest BCUT2D eigenvalue weighted by molar-refractivity contribution is 6.74. The fraction of sp³-hybridized carbons (Fsp3) is 0.703. The van der Waals surface area contributed by atoms with Crippen LogP contribution in [0.25, 0.3) is 0 Å². The zero-order valence-corrected chi connectivity index (χ0v) is 33.1. The molecule has 0 unspecified atom stereocenters. The first-order chi connectivity index (χ1) is 21.3. The highest BCUT2D eigenvalue weighted by atomic mass is 28.4. The fourth-order valence-electron chi connectivity index (χ4n) is 5.68. The van der Waals surface area contributed by atoms with Crippen molar-refractivity contribution >= 4 is 34.3 Å². The minimum atomic E-state index is -1.85. The third kappa shape index (κ3) is 9.51. The van der Waals surface area contributed by atoms with Crippen molar-refractivity contribution < 1.29 is 18.4 Å². The molecule has 1 saturated heterocycles. The van der Waals surface area contributed by atoms with Crippen molar-refractivity contribution in [3.63, 3.8) is 0 Å². The van der Waals surface area contributed by atoms with Crippen LogP contribution in [0.2, 0.25) is 36.3 Å². The molecular formula is C37H63N3O4Si2. The van der Waals surface area contributed by atoms with E-state index >= 15 is 0 Å². The first-order valence-corrected chi connectivity index (χ1v) is 23.3. The summed E-state index contributed by atoms with van der Waals surface area (Å²) in [7, 11) is -3.68. The molecule has 0 amide bonds. The molecule has 258 valence electrons. The van der Waals surface area contributed by atoms with Crippen molar-refractivity contribution in [3.05, 3.63) is 47.9 Å². The second-order valence-electron chi connectivity index (χ2n) is 16.2. The summed E-state index contributed by atoms with van der Waals surface area (Å²) in [6, 6.07) is 0.258. The van der Waals surface area contributed by atoms with E-state index in [0.29, 0.717) is 18.0 Å². The molecular weight excluding hydrogens is 607 g/mol. The monoisotopic (exact) mass is 669 g/mol. The van der Waals surface area contributed by atoms with Gasteiger partial charge in [0.1, 0.15) is 12.2 Å². The van der Waals surface area contributed by atoms with Gasteiger partial charge in [0.25, 0.3) is 0 Å². The molecule has 3 aliphatic heterocycles. The third-order valence-corrected chi connectivity index (χ3v) is 19.6. The van der Waals surface area contributed by atoms with Gasteiger partial charge in [0.2, 0.25) is 5.96 Å². The molecule has 3 atom stereocenters. The summed E-state index contributed by atoms with van der Waals surface area (Å²) in [5.41, 5.74) is 3.50. The summed E-state index contributed by atoms with van der Waals surface area (Å²) in [5.74, 6) is 0.406. The Morgan fingerprint density at radius 1 is 1.07 bits per heavy atom. The lowest BCUT2D eigenvalue weighted by Crippen LogP contribution is -2.43. The number of hydrogen-bond acceptors (Lipinski definition) is 7. The summed E-state index contributed by atoms with van der Waals surface area (Å²) in [6.45, 7) is 31.2. The number of esters is 1. The number of ether oxygens (including phenoxy) is 1. The van der Waals surface area contributed by atoms with Gasteiger partial charge in [-0.05, 0) is 88.1 Å². The van der Waals surface area contributed by atoms with Gasteiger partial charge in [-0.2, -0.15) is 0 Å². The molecule has 1 fully saturated rings. The molecule has 0 aliphatic carbocycles. The summed E-state index contributed by atoms with van der Waals surface area (Å²) in [5, 5.41) is 0.354. The summed E-state index contributed by atoms with van der Waals surface area (Å²) in [4.78, 5) is 25.6. The van der Waals surface area contributed by atoms with Crippen LogP contribution in [0.3, 0.4) is 0 Å². The van der Waals surface area contributed by atoms with Gasteiger partial charge >= 0.3 is 5.97 Å². The van der Waals surface area contributed by atoms with E-state index in [-0.39, 0.29) is 40.9 Å². The summed E-state index contributed by atoms with van der Waals surface area (Å²) in [6.07, 6.45) is 15.4. The fourth-order valence-corrected chi connectivity index (χ4v) is 8.52. The van der Waals surface area contributed by atoms with E-state index < -0.39 is 16.6 Å². The highest BCUT2D eigenvalue weighted by Crippen LogP contribution is 2.41. The number of guanidine groups is 1. The lowest BCUT2D eigenvalue weighted by Gasteiger charge is -2.38. The van der Waals surface area contributed by atoms with E-state index in [0.717, 1.165) is 62.1 Å². The van der Waals surface area contributed by atoms with Crippen LogP contribution in [-0.4, -0.2) is 64.0 Å². The van der Waals surface area contributed by atoms with E-state index in [1.165, 1.54) is 0 Å². The van der Waals surface area contributed by atoms with Crippen LogP contribution in [0.15, 0.2) is 57.8 Å². The number of rotatable bonds is 15. The second-order valence-corrected chi connectivity index (χ2v) is 25.7. The van der Waals surface area contributed by atoms with Gasteiger partial charge in [-0.3, -0.25) is 0 Å². The molecule has 3 aliphatic rings. The molecule has 0 aromatic rings.